The van der Waals surface area contributed by atoms with E-state index in [4.69, 9.17) is 4.74 Å². The molecule has 2 heterocycles. The number of urea groups is 1. The standard InChI is InChI=1S/C20H26N4O3/c1-27-16-7-8-18(21-13-16)17-14-24(11-12-25)10-9-19(17)23-20(26)22-15-5-3-2-4-6-15/h2-8,13,17,19,25H,9-12,14H2,1H3,(H2,22,23,26). The number of carbonyl (C=O) groups excluding carboxylic acids is 1. The minimum absolute atomic E-state index is 0.0375. The van der Waals surface area contributed by atoms with E-state index in [1.807, 2.05) is 42.5 Å². The number of pyridine rings is 1. The lowest BCUT2D eigenvalue weighted by molar-refractivity contribution is 0.141. The fraction of sp³-hybridized carbons (Fsp3) is 0.400. The first kappa shape index (κ1) is 19.1. The predicted molar refractivity (Wildman–Crippen MR) is 104 cm³/mol. The number of aromatic nitrogens is 1. The van der Waals surface area contributed by atoms with E-state index in [0.29, 0.717) is 12.3 Å². The number of hydrogen-bond acceptors (Lipinski definition) is 5. The maximum atomic E-state index is 12.4. The number of anilines is 1. The van der Waals surface area contributed by atoms with E-state index in [1.165, 1.54) is 0 Å². The summed E-state index contributed by atoms with van der Waals surface area (Å²) >= 11 is 0. The summed E-state index contributed by atoms with van der Waals surface area (Å²) in [5.74, 6) is 0.742. The zero-order chi connectivity index (χ0) is 19.1. The number of hydrogen-bond donors (Lipinski definition) is 3. The van der Waals surface area contributed by atoms with Gasteiger partial charge in [-0.15, -0.1) is 0 Å². The van der Waals surface area contributed by atoms with Gasteiger partial charge in [-0.05, 0) is 30.7 Å². The molecule has 7 heteroatoms. The van der Waals surface area contributed by atoms with Crippen LogP contribution in [0, 0.1) is 0 Å². The third-order valence-corrected chi connectivity index (χ3v) is 4.84. The average molecular weight is 370 g/mol. The Morgan fingerprint density at radius 1 is 1.30 bits per heavy atom. The predicted octanol–water partition coefficient (Wildman–Crippen LogP) is 2.06. The topological polar surface area (TPSA) is 86.7 Å². The van der Waals surface area contributed by atoms with Crippen molar-refractivity contribution >= 4 is 11.7 Å². The van der Waals surface area contributed by atoms with Crippen LogP contribution >= 0.6 is 0 Å². The molecule has 0 radical (unpaired) electrons. The first-order valence-corrected chi connectivity index (χ1v) is 9.15. The van der Waals surface area contributed by atoms with Crippen molar-refractivity contribution in [2.45, 2.75) is 18.4 Å². The Labute approximate surface area is 159 Å². The van der Waals surface area contributed by atoms with Gasteiger partial charge < -0.3 is 25.4 Å². The summed E-state index contributed by atoms with van der Waals surface area (Å²) in [6, 6.07) is 12.9. The Bertz CT molecular complexity index is 724. The molecule has 1 aromatic heterocycles. The molecule has 1 aromatic carbocycles. The van der Waals surface area contributed by atoms with E-state index < -0.39 is 0 Å². The molecule has 0 bridgehead atoms. The second-order valence-corrected chi connectivity index (χ2v) is 6.61. The monoisotopic (exact) mass is 370 g/mol. The Balaban J connectivity index is 1.71. The Morgan fingerprint density at radius 3 is 2.78 bits per heavy atom. The molecule has 7 nitrogen and oxygen atoms in total. The molecule has 1 fully saturated rings. The lowest BCUT2D eigenvalue weighted by Crippen LogP contribution is -2.51. The number of benzene rings is 1. The zero-order valence-electron chi connectivity index (χ0n) is 15.5. The number of methoxy groups -OCH3 is 1. The molecule has 0 spiro atoms. The van der Waals surface area contributed by atoms with Gasteiger partial charge in [0.25, 0.3) is 0 Å². The van der Waals surface area contributed by atoms with Gasteiger partial charge in [0.15, 0.2) is 0 Å². The molecule has 144 valence electrons. The third-order valence-electron chi connectivity index (χ3n) is 4.84. The highest BCUT2D eigenvalue weighted by molar-refractivity contribution is 5.89. The molecule has 3 N–H and O–H groups in total. The molecule has 2 amide bonds. The van der Waals surface area contributed by atoms with E-state index in [-0.39, 0.29) is 24.6 Å². The first-order valence-electron chi connectivity index (χ1n) is 9.15. The van der Waals surface area contributed by atoms with Crippen LogP contribution in [-0.2, 0) is 0 Å². The fourth-order valence-corrected chi connectivity index (χ4v) is 3.43. The van der Waals surface area contributed by atoms with Crippen LogP contribution in [0.3, 0.4) is 0 Å². The second-order valence-electron chi connectivity index (χ2n) is 6.61. The summed E-state index contributed by atoms with van der Waals surface area (Å²) in [5, 5.41) is 15.2. The molecular weight excluding hydrogens is 344 g/mol. The Kier molecular flexibility index (Phi) is 6.62. The number of likely N-dealkylation sites (tertiary alicyclic amines) is 1. The number of β-amino-alcohol motifs (C(OH)–C–C–N with tert-alkyl or cyclic N) is 1. The van der Waals surface area contributed by atoms with Gasteiger partial charge in [0.2, 0.25) is 0 Å². The normalized spacial score (nSPS) is 20.1. The number of para-hydroxylation sites is 1. The van der Waals surface area contributed by atoms with Crippen LogP contribution in [0.25, 0.3) is 0 Å². The maximum absolute atomic E-state index is 12.4. The van der Waals surface area contributed by atoms with Gasteiger partial charge in [-0.2, -0.15) is 0 Å². The van der Waals surface area contributed by atoms with Gasteiger partial charge in [0.1, 0.15) is 5.75 Å². The van der Waals surface area contributed by atoms with Crippen molar-refractivity contribution in [2.75, 3.05) is 38.7 Å². The molecule has 2 unspecified atom stereocenters. The molecule has 1 saturated heterocycles. The molecule has 1 aliphatic rings. The highest BCUT2D eigenvalue weighted by Crippen LogP contribution is 2.27. The Morgan fingerprint density at radius 2 is 2.11 bits per heavy atom. The summed E-state index contributed by atoms with van der Waals surface area (Å²) in [4.78, 5) is 19.2. The molecule has 2 atom stereocenters. The van der Waals surface area contributed by atoms with E-state index in [9.17, 15) is 9.90 Å². The van der Waals surface area contributed by atoms with E-state index in [1.54, 1.807) is 13.3 Å². The lowest BCUT2D eigenvalue weighted by atomic mass is 9.89. The summed E-state index contributed by atoms with van der Waals surface area (Å²) < 4.78 is 5.19. The molecule has 3 rings (SSSR count). The zero-order valence-corrected chi connectivity index (χ0v) is 15.5. The van der Waals surface area contributed by atoms with Crippen molar-refractivity contribution in [3.8, 4) is 5.75 Å². The molecule has 2 aromatic rings. The lowest BCUT2D eigenvalue weighted by Gasteiger charge is -2.38. The number of piperidine rings is 1. The number of aliphatic hydroxyl groups excluding tert-OH is 1. The van der Waals surface area contributed by atoms with Gasteiger partial charge in [-0.1, -0.05) is 18.2 Å². The van der Waals surface area contributed by atoms with Gasteiger partial charge >= 0.3 is 6.03 Å². The number of carbonyl (C=O) groups is 1. The number of aliphatic hydroxyl groups is 1. The molecule has 0 aliphatic carbocycles. The minimum Gasteiger partial charge on any atom is -0.495 e. The van der Waals surface area contributed by atoms with Crippen LogP contribution < -0.4 is 15.4 Å². The quantitative estimate of drug-likeness (QED) is 0.725. The molecule has 0 saturated carbocycles. The highest BCUT2D eigenvalue weighted by Gasteiger charge is 2.32. The van der Waals surface area contributed by atoms with E-state index >= 15 is 0 Å². The SMILES string of the molecule is COc1ccc(C2CN(CCO)CCC2NC(=O)Nc2ccccc2)nc1. The van der Waals surface area contributed by atoms with Crippen molar-refractivity contribution < 1.29 is 14.6 Å². The average Bonchev–Trinajstić information content (AvgIpc) is 2.70. The maximum Gasteiger partial charge on any atom is 0.319 e. The summed E-state index contributed by atoms with van der Waals surface area (Å²) in [6.45, 7) is 2.30. The molecule has 27 heavy (non-hydrogen) atoms. The van der Waals surface area contributed by atoms with Crippen molar-refractivity contribution in [2.24, 2.45) is 0 Å². The van der Waals surface area contributed by atoms with E-state index in [0.717, 1.165) is 30.9 Å². The summed E-state index contributed by atoms with van der Waals surface area (Å²) in [5.41, 5.74) is 1.66. The van der Waals surface area contributed by atoms with Crippen LogP contribution in [0.2, 0.25) is 0 Å². The second kappa shape index (κ2) is 9.34. The van der Waals surface area contributed by atoms with Gasteiger partial charge in [-0.25, -0.2) is 4.79 Å². The number of ether oxygens (including phenoxy) is 1. The Hall–Kier alpha value is -2.64. The highest BCUT2D eigenvalue weighted by atomic mass is 16.5. The van der Waals surface area contributed by atoms with E-state index in [2.05, 4.69) is 20.5 Å². The van der Waals surface area contributed by atoms with Crippen molar-refractivity contribution in [3.63, 3.8) is 0 Å². The largest absolute Gasteiger partial charge is 0.495 e. The number of amides is 2. The van der Waals surface area contributed by atoms with Crippen molar-refractivity contribution in [1.82, 2.24) is 15.2 Å². The number of nitrogens with one attached hydrogen (secondary N) is 2. The van der Waals surface area contributed by atoms with Gasteiger partial charge in [0, 0.05) is 43.0 Å². The summed E-state index contributed by atoms with van der Waals surface area (Å²) in [7, 11) is 1.61. The number of rotatable bonds is 6. The van der Waals surface area contributed by atoms with Crippen LogP contribution in [0.4, 0.5) is 10.5 Å². The smallest absolute Gasteiger partial charge is 0.319 e. The first-order chi connectivity index (χ1) is 13.2. The molecular formula is C20H26N4O3. The minimum atomic E-state index is -0.222. The fourth-order valence-electron chi connectivity index (χ4n) is 3.43. The van der Waals surface area contributed by atoms with Crippen molar-refractivity contribution in [1.29, 1.82) is 0 Å². The third kappa shape index (κ3) is 5.18. The van der Waals surface area contributed by atoms with Crippen LogP contribution in [0.1, 0.15) is 18.0 Å². The summed E-state index contributed by atoms with van der Waals surface area (Å²) in [6.07, 6.45) is 2.49. The molecule has 1 aliphatic heterocycles. The number of nitrogens with zero attached hydrogens (tertiary/aromatic N) is 2. The van der Waals surface area contributed by atoms with Crippen LogP contribution in [0.5, 0.6) is 5.75 Å². The van der Waals surface area contributed by atoms with Crippen LogP contribution in [-0.4, -0.2) is 60.4 Å². The van der Waals surface area contributed by atoms with Gasteiger partial charge in [0.05, 0.1) is 19.9 Å². The van der Waals surface area contributed by atoms with Gasteiger partial charge in [-0.3, -0.25) is 4.98 Å². The van der Waals surface area contributed by atoms with Crippen molar-refractivity contribution in [3.05, 3.63) is 54.4 Å². The van der Waals surface area contributed by atoms with Crippen LogP contribution in [0.15, 0.2) is 48.7 Å².